The molecule has 1 fully saturated rings. The van der Waals surface area contributed by atoms with Crippen LogP contribution >= 0.6 is 0 Å². The van der Waals surface area contributed by atoms with Gasteiger partial charge >= 0.3 is 0 Å². The van der Waals surface area contributed by atoms with E-state index in [9.17, 15) is 0 Å². The molecule has 0 radical (unpaired) electrons. The molecule has 0 aromatic heterocycles. The van der Waals surface area contributed by atoms with Gasteiger partial charge in [-0.2, -0.15) is 0 Å². The maximum atomic E-state index is 5.65. The van der Waals surface area contributed by atoms with Crippen molar-refractivity contribution in [2.45, 2.75) is 32.4 Å². The van der Waals surface area contributed by atoms with Crippen LogP contribution in [-0.2, 0) is 4.74 Å². The van der Waals surface area contributed by atoms with Gasteiger partial charge in [0.1, 0.15) is 0 Å². The quantitative estimate of drug-likeness (QED) is 0.844. The highest BCUT2D eigenvalue weighted by molar-refractivity contribution is 5.25. The van der Waals surface area contributed by atoms with Crippen LogP contribution in [0.25, 0.3) is 0 Å². The molecule has 1 saturated heterocycles. The Labute approximate surface area is 98.0 Å². The second-order valence-electron chi connectivity index (χ2n) is 4.71. The Morgan fingerprint density at radius 3 is 2.50 bits per heavy atom. The lowest BCUT2D eigenvalue weighted by Crippen LogP contribution is -2.29. The minimum absolute atomic E-state index is 0.360. The normalized spacial score (nSPS) is 26.9. The topological polar surface area (TPSA) is 21.3 Å². The molecule has 0 bridgehead atoms. The number of benzene rings is 1. The van der Waals surface area contributed by atoms with Gasteiger partial charge in [0.2, 0.25) is 0 Å². The highest BCUT2D eigenvalue weighted by atomic mass is 16.5. The van der Waals surface area contributed by atoms with Gasteiger partial charge in [0.05, 0.1) is 6.10 Å². The molecule has 1 aromatic carbocycles. The predicted octanol–water partition coefficient (Wildman–Crippen LogP) is 2.68. The smallest absolute Gasteiger partial charge is 0.0594 e. The van der Waals surface area contributed by atoms with Crippen LogP contribution < -0.4 is 5.32 Å². The molecule has 1 aliphatic heterocycles. The summed E-state index contributed by atoms with van der Waals surface area (Å²) in [5.74, 6) is 0.590. The zero-order valence-corrected chi connectivity index (χ0v) is 10.4. The van der Waals surface area contributed by atoms with Gasteiger partial charge in [-0.25, -0.2) is 0 Å². The molecule has 1 aromatic rings. The van der Waals surface area contributed by atoms with Crippen molar-refractivity contribution in [1.82, 2.24) is 5.32 Å². The van der Waals surface area contributed by atoms with Gasteiger partial charge in [-0.3, -0.25) is 0 Å². The molecule has 0 aliphatic carbocycles. The first-order valence-electron chi connectivity index (χ1n) is 6.08. The van der Waals surface area contributed by atoms with Crippen LogP contribution in [0.1, 0.15) is 30.5 Å². The predicted molar refractivity (Wildman–Crippen MR) is 66.5 cm³/mol. The van der Waals surface area contributed by atoms with E-state index in [0.29, 0.717) is 18.1 Å². The SMILES string of the molecule is CNC(c1ccc(C)cc1)C1CCOC1C. The summed E-state index contributed by atoms with van der Waals surface area (Å²) in [6.07, 6.45) is 1.51. The number of nitrogens with one attached hydrogen (secondary N) is 1. The van der Waals surface area contributed by atoms with Gasteiger partial charge in [0.25, 0.3) is 0 Å². The molecule has 16 heavy (non-hydrogen) atoms. The minimum atomic E-state index is 0.360. The van der Waals surface area contributed by atoms with E-state index in [1.54, 1.807) is 0 Å². The second-order valence-corrected chi connectivity index (χ2v) is 4.71. The Morgan fingerprint density at radius 2 is 2.00 bits per heavy atom. The highest BCUT2D eigenvalue weighted by Crippen LogP contribution is 2.32. The van der Waals surface area contributed by atoms with E-state index >= 15 is 0 Å². The third-order valence-corrected chi connectivity index (χ3v) is 3.61. The minimum Gasteiger partial charge on any atom is -0.378 e. The first-order valence-corrected chi connectivity index (χ1v) is 6.08. The molecule has 2 heteroatoms. The fourth-order valence-electron chi connectivity index (χ4n) is 2.59. The molecule has 88 valence electrons. The monoisotopic (exact) mass is 219 g/mol. The summed E-state index contributed by atoms with van der Waals surface area (Å²) in [6, 6.07) is 9.22. The van der Waals surface area contributed by atoms with E-state index in [0.717, 1.165) is 13.0 Å². The van der Waals surface area contributed by atoms with Crippen LogP contribution in [0, 0.1) is 12.8 Å². The van der Waals surface area contributed by atoms with Crippen LogP contribution in [0.2, 0.25) is 0 Å². The van der Waals surface area contributed by atoms with Crippen LogP contribution in [-0.4, -0.2) is 19.8 Å². The Morgan fingerprint density at radius 1 is 1.31 bits per heavy atom. The fourth-order valence-corrected chi connectivity index (χ4v) is 2.59. The van der Waals surface area contributed by atoms with Crippen molar-refractivity contribution in [3.05, 3.63) is 35.4 Å². The van der Waals surface area contributed by atoms with Crippen LogP contribution in [0.5, 0.6) is 0 Å². The maximum Gasteiger partial charge on any atom is 0.0594 e. The summed E-state index contributed by atoms with van der Waals surface area (Å²) >= 11 is 0. The summed E-state index contributed by atoms with van der Waals surface area (Å²) in [7, 11) is 2.04. The summed E-state index contributed by atoms with van der Waals surface area (Å²) in [5, 5.41) is 3.43. The van der Waals surface area contributed by atoms with Gasteiger partial charge < -0.3 is 10.1 Å². The van der Waals surface area contributed by atoms with Gasteiger partial charge in [-0.1, -0.05) is 29.8 Å². The molecule has 1 N–H and O–H groups in total. The lowest BCUT2D eigenvalue weighted by atomic mass is 9.88. The lowest BCUT2D eigenvalue weighted by Gasteiger charge is -2.26. The van der Waals surface area contributed by atoms with E-state index < -0.39 is 0 Å². The Balaban J connectivity index is 2.18. The van der Waals surface area contributed by atoms with Gasteiger partial charge in [-0.15, -0.1) is 0 Å². The third kappa shape index (κ3) is 2.28. The summed E-state index contributed by atoms with van der Waals surface area (Å²) in [6.45, 7) is 5.20. The van der Waals surface area contributed by atoms with Gasteiger partial charge in [0.15, 0.2) is 0 Å². The number of ether oxygens (including phenoxy) is 1. The first-order chi connectivity index (χ1) is 7.72. The molecule has 2 rings (SSSR count). The average Bonchev–Trinajstić information content (AvgIpc) is 2.69. The molecule has 1 heterocycles. The molecule has 3 atom stereocenters. The van der Waals surface area contributed by atoms with Crippen LogP contribution in [0.15, 0.2) is 24.3 Å². The Kier molecular flexibility index (Phi) is 3.62. The van der Waals surface area contributed by atoms with E-state index in [1.165, 1.54) is 11.1 Å². The number of aryl methyl sites for hydroxylation is 1. The molecule has 0 spiro atoms. The van der Waals surface area contributed by atoms with Crippen molar-refractivity contribution < 1.29 is 4.74 Å². The van der Waals surface area contributed by atoms with Crippen molar-refractivity contribution in [3.8, 4) is 0 Å². The van der Waals surface area contributed by atoms with E-state index in [2.05, 4.69) is 43.4 Å². The van der Waals surface area contributed by atoms with Crippen molar-refractivity contribution in [3.63, 3.8) is 0 Å². The Bertz CT molecular complexity index is 333. The molecular weight excluding hydrogens is 198 g/mol. The van der Waals surface area contributed by atoms with Gasteiger partial charge in [-0.05, 0) is 32.9 Å². The molecule has 3 unspecified atom stereocenters. The highest BCUT2D eigenvalue weighted by Gasteiger charge is 2.31. The molecular formula is C14H21NO. The van der Waals surface area contributed by atoms with E-state index in [1.807, 2.05) is 7.05 Å². The summed E-state index contributed by atoms with van der Waals surface area (Å²) < 4.78 is 5.65. The largest absolute Gasteiger partial charge is 0.378 e. The summed E-state index contributed by atoms with van der Waals surface area (Å²) in [4.78, 5) is 0. The van der Waals surface area contributed by atoms with Crippen molar-refractivity contribution in [2.75, 3.05) is 13.7 Å². The fraction of sp³-hybridized carbons (Fsp3) is 0.571. The zero-order chi connectivity index (χ0) is 11.5. The van der Waals surface area contributed by atoms with Crippen molar-refractivity contribution in [1.29, 1.82) is 0 Å². The standard InChI is InChI=1S/C14H21NO/c1-10-4-6-12(7-5-10)14(15-3)13-8-9-16-11(13)2/h4-7,11,13-15H,8-9H2,1-3H3. The van der Waals surface area contributed by atoms with Crippen molar-refractivity contribution in [2.24, 2.45) is 5.92 Å². The first kappa shape index (κ1) is 11.6. The number of hydrogen-bond donors (Lipinski definition) is 1. The number of rotatable bonds is 3. The molecule has 0 saturated carbocycles. The van der Waals surface area contributed by atoms with Crippen molar-refractivity contribution >= 4 is 0 Å². The lowest BCUT2D eigenvalue weighted by molar-refractivity contribution is 0.0963. The van der Waals surface area contributed by atoms with Gasteiger partial charge in [0, 0.05) is 18.6 Å². The molecule has 2 nitrogen and oxygen atoms in total. The van der Waals surface area contributed by atoms with Crippen LogP contribution in [0.4, 0.5) is 0 Å². The summed E-state index contributed by atoms with van der Waals surface area (Å²) in [5.41, 5.74) is 2.68. The number of hydrogen-bond acceptors (Lipinski definition) is 2. The Hall–Kier alpha value is -0.860. The second kappa shape index (κ2) is 4.98. The molecule has 1 aliphatic rings. The third-order valence-electron chi connectivity index (χ3n) is 3.61. The van der Waals surface area contributed by atoms with E-state index in [4.69, 9.17) is 4.74 Å². The van der Waals surface area contributed by atoms with Crippen LogP contribution in [0.3, 0.4) is 0 Å². The zero-order valence-electron chi connectivity index (χ0n) is 10.4. The maximum absolute atomic E-state index is 5.65. The molecule has 0 amide bonds. The van der Waals surface area contributed by atoms with E-state index in [-0.39, 0.29) is 0 Å². The average molecular weight is 219 g/mol.